The first kappa shape index (κ1) is 19.3. The lowest BCUT2D eigenvalue weighted by molar-refractivity contribution is -0.137. The van der Waals surface area contributed by atoms with Gasteiger partial charge in [0.05, 0.1) is 10.4 Å². The van der Waals surface area contributed by atoms with E-state index < -0.39 is 15.8 Å². The lowest BCUT2D eigenvalue weighted by Crippen LogP contribution is -2.11. The fraction of sp³-hybridized carbons (Fsp3) is 0.211. The zero-order valence-electron chi connectivity index (χ0n) is 14.9. The van der Waals surface area contributed by atoms with Gasteiger partial charge in [0.25, 0.3) is 0 Å². The van der Waals surface area contributed by atoms with Gasteiger partial charge in [-0.15, -0.1) is 0 Å². The van der Waals surface area contributed by atoms with Crippen LogP contribution in [0.25, 0.3) is 10.9 Å². The molecule has 0 bridgehead atoms. The van der Waals surface area contributed by atoms with E-state index in [1.54, 1.807) is 25.1 Å². The molecule has 2 aromatic carbocycles. The van der Waals surface area contributed by atoms with Gasteiger partial charge in [-0.2, -0.15) is 0 Å². The van der Waals surface area contributed by atoms with Gasteiger partial charge in [-0.05, 0) is 50.2 Å². The number of aliphatic carboxylic acids is 1. The highest BCUT2D eigenvalue weighted by Gasteiger charge is 2.29. The Kier molecular flexibility index (Phi) is 5.17. The van der Waals surface area contributed by atoms with E-state index in [0.29, 0.717) is 33.9 Å². The van der Waals surface area contributed by atoms with E-state index in [4.69, 9.17) is 11.6 Å². The third-order valence-corrected chi connectivity index (χ3v) is 6.53. The number of nitrogens with one attached hydrogen (secondary N) is 1. The lowest BCUT2D eigenvalue weighted by Gasteiger charge is -2.09. The highest BCUT2D eigenvalue weighted by atomic mass is 35.5. The first-order chi connectivity index (χ1) is 12.8. The minimum atomic E-state index is -3.88. The Morgan fingerprint density at radius 2 is 1.85 bits per heavy atom. The molecule has 3 rings (SSSR count). The molecule has 0 amide bonds. The number of anilines is 1. The summed E-state index contributed by atoms with van der Waals surface area (Å²) >= 11 is 5.89. The van der Waals surface area contributed by atoms with Crippen molar-refractivity contribution in [3.63, 3.8) is 0 Å². The van der Waals surface area contributed by atoms with Crippen molar-refractivity contribution >= 4 is 44.0 Å². The molecular formula is C19H19ClN2O4S. The van der Waals surface area contributed by atoms with Crippen LogP contribution < -0.4 is 5.32 Å². The molecule has 3 aromatic rings. The van der Waals surface area contributed by atoms with Crippen molar-refractivity contribution in [2.24, 2.45) is 0 Å². The van der Waals surface area contributed by atoms with Crippen LogP contribution in [0.4, 0.5) is 5.69 Å². The molecule has 6 nitrogen and oxygen atoms in total. The summed E-state index contributed by atoms with van der Waals surface area (Å²) in [5, 5.41) is 13.4. The molecule has 142 valence electrons. The SMILES string of the molecule is CCNc1cccc2c1c(S(=O)(=O)c1ccc(Cl)cc1)c(C)n2CC(=O)O. The largest absolute Gasteiger partial charge is 0.480 e. The summed E-state index contributed by atoms with van der Waals surface area (Å²) in [5.41, 5.74) is 1.59. The number of sulfone groups is 1. The number of hydrogen-bond donors (Lipinski definition) is 2. The van der Waals surface area contributed by atoms with Crippen molar-refractivity contribution in [2.45, 2.75) is 30.2 Å². The quantitative estimate of drug-likeness (QED) is 0.647. The third-order valence-electron chi connectivity index (χ3n) is 4.35. The minimum absolute atomic E-state index is 0.107. The number of halogens is 1. The maximum Gasteiger partial charge on any atom is 0.323 e. The van der Waals surface area contributed by atoms with Crippen molar-refractivity contribution in [3.8, 4) is 0 Å². The second-order valence-electron chi connectivity index (χ2n) is 6.08. The molecule has 0 spiro atoms. The monoisotopic (exact) mass is 406 g/mol. The number of rotatable bonds is 6. The highest BCUT2D eigenvalue weighted by Crippen LogP contribution is 2.38. The van der Waals surface area contributed by atoms with E-state index in [1.165, 1.54) is 28.8 Å². The molecule has 27 heavy (non-hydrogen) atoms. The molecule has 0 saturated heterocycles. The first-order valence-electron chi connectivity index (χ1n) is 8.35. The average molecular weight is 407 g/mol. The summed E-state index contributed by atoms with van der Waals surface area (Å²) in [6, 6.07) is 11.2. The summed E-state index contributed by atoms with van der Waals surface area (Å²) < 4.78 is 28.3. The zero-order valence-corrected chi connectivity index (χ0v) is 16.4. The maximum atomic E-state index is 13.4. The van der Waals surface area contributed by atoms with Gasteiger partial charge in [-0.1, -0.05) is 17.7 Å². The summed E-state index contributed by atoms with van der Waals surface area (Å²) in [7, 11) is -3.88. The van der Waals surface area contributed by atoms with Crippen LogP contribution in [-0.2, 0) is 21.2 Å². The van der Waals surface area contributed by atoms with Crippen molar-refractivity contribution in [3.05, 3.63) is 53.2 Å². The molecule has 0 aliphatic heterocycles. The second kappa shape index (κ2) is 7.25. The summed E-state index contributed by atoms with van der Waals surface area (Å²) in [6.45, 7) is 3.81. The van der Waals surface area contributed by atoms with Gasteiger partial charge in [0.2, 0.25) is 9.84 Å². The van der Waals surface area contributed by atoms with Crippen LogP contribution in [0.3, 0.4) is 0 Å². The van der Waals surface area contributed by atoms with Crippen LogP contribution in [0.1, 0.15) is 12.6 Å². The second-order valence-corrected chi connectivity index (χ2v) is 8.40. The highest BCUT2D eigenvalue weighted by molar-refractivity contribution is 7.91. The molecule has 1 aromatic heterocycles. The van der Waals surface area contributed by atoms with E-state index in [9.17, 15) is 18.3 Å². The molecule has 0 atom stereocenters. The van der Waals surface area contributed by atoms with E-state index >= 15 is 0 Å². The van der Waals surface area contributed by atoms with Crippen LogP contribution in [-0.4, -0.2) is 30.6 Å². The average Bonchev–Trinajstić information content (AvgIpc) is 2.89. The molecule has 0 radical (unpaired) electrons. The fourth-order valence-electron chi connectivity index (χ4n) is 3.23. The van der Waals surface area contributed by atoms with E-state index in [1.807, 2.05) is 6.92 Å². The summed E-state index contributed by atoms with van der Waals surface area (Å²) in [4.78, 5) is 11.6. The predicted molar refractivity (Wildman–Crippen MR) is 105 cm³/mol. The van der Waals surface area contributed by atoms with Crippen molar-refractivity contribution in [1.82, 2.24) is 4.57 Å². The Bertz CT molecular complexity index is 1120. The number of aromatic nitrogens is 1. The maximum absolute atomic E-state index is 13.4. The number of carboxylic acid groups (broad SMARTS) is 1. The lowest BCUT2D eigenvalue weighted by atomic mass is 10.2. The van der Waals surface area contributed by atoms with Crippen LogP contribution in [0.2, 0.25) is 5.02 Å². The Hall–Kier alpha value is -2.51. The Morgan fingerprint density at radius 1 is 1.19 bits per heavy atom. The van der Waals surface area contributed by atoms with Crippen molar-refractivity contribution in [2.75, 3.05) is 11.9 Å². The molecule has 0 fully saturated rings. The fourth-order valence-corrected chi connectivity index (χ4v) is 5.06. The molecule has 0 aliphatic carbocycles. The van der Waals surface area contributed by atoms with Gasteiger partial charge in [-0.3, -0.25) is 4.79 Å². The normalized spacial score (nSPS) is 11.7. The van der Waals surface area contributed by atoms with Crippen molar-refractivity contribution < 1.29 is 18.3 Å². The van der Waals surface area contributed by atoms with Gasteiger partial charge in [0, 0.05) is 28.3 Å². The molecule has 2 N–H and O–H groups in total. The third kappa shape index (κ3) is 3.40. The van der Waals surface area contributed by atoms with E-state index in [2.05, 4.69) is 5.32 Å². The smallest absolute Gasteiger partial charge is 0.323 e. The van der Waals surface area contributed by atoms with Crippen LogP contribution in [0.5, 0.6) is 0 Å². The van der Waals surface area contributed by atoms with Gasteiger partial charge >= 0.3 is 5.97 Å². The first-order valence-corrected chi connectivity index (χ1v) is 10.2. The van der Waals surface area contributed by atoms with Crippen molar-refractivity contribution in [1.29, 1.82) is 0 Å². The molecular weight excluding hydrogens is 388 g/mol. The standard InChI is InChI=1S/C19H19ClN2O4S/c1-3-21-15-5-4-6-16-18(15)19(12(2)22(16)11-17(23)24)27(25,26)14-9-7-13(20)8-10-14/h4-10,21H,3,11H2,1-2H3,(H,23,24). The number of carboxylic acids is 1. The number of nitrogens with zero attached hydrogens (tertiary/aromatic N) is 1. The van der Waals surface area contributed by atoms with Gasteiger partial charge in [0.1, 0.15) is 11.4 Å². The van der Waals surface area contributed by atoms with Crippen LogP contribution in [0.15, 0.2) is 52.3 Å². The van der Waals surface area contributed by atoms with E-state index in [-0.39, 0.29) is 16.3 Å². The number of benzene rings is 2. The Balaban J connectivity index is 2.38. The number of hydrogen-bond acceptors (Lipinski definition) is 4. The van der Waals surface area contributed by atoms with Gasteiger partial charge < -0.3 is 15.0 Å². The number of carbonyl (C=O) groups is 1. The summed E-state index contributed by atoms with van der Waals surface area (Å²) in [6.07, 6.45) is 0. The molecule has 0 saturated carbocycles. The van der Waals surface area contributed by atoms with E-state index in [0.717, 1.165) is 0 Å². The van der Waals surface area contributed by atoms with Crippen LogP contribution in [0, 0.1) is 6.92 Å². The predicted octanol–water partition coefficient (Wildman–Crippen LogP) is 3.95. The van der Waals surface area contributed by atoms with Crippen LogP contribution >= 0.6 is 11.6 Å². The Morgan fingerprint density at radius 3 is 2.44 bits per heavy atom. The van der Waals surface area contributed by atoms with Gasteiger partial charge in [-0.25, -0.2) is 8.42 Å². The molecule has 0 unspecified atom stereocenters. The minimum Gasteiger partial charge on any atom is -0.480 e. The summed E-state index contributed by atoms with van der Waals surface area (Å²) in [5.74, 6) is -1.04. The molecule has 0 aliphatic rings. The van der Waals surface area contributed by atoms with Gasteiger partial charge in [0.15, 0.2) is 0 Å². The zero-order chi connectivity index (χ0) is 19.8. The molecule has 8 heteroatoms. The molecule has 1 heterocycles. The Labute approximate surface area is 162 Å². The number of fused-ring (bicyclic) bond motifs is 1. The topological polar surface area (TPSA) is 88.4 Å².